The predicted octanol–water partition coefficient (Wildman–Crippen LogP) is 3.56. The number of aromatic carboxylic acids is 1. The Bertz CT molecular complexity index is 1040. The van der Waals surface area contributed by atoms with Gasteiger partial charge in [0, 0.05) is 29.1 Å². The number of aromatic nitrogens is 1. The van der Waals surface area contributed by atoms with E-state index in [2.05, 4.69) is 5.32 Å². The molecule has 28 heavy (non-hydrogen) atoms. The Morgan fingerprint density at radius 2 is 1.86 bits per heavy atom. The van der Waals surface area contributed by atoms with E-state index in [0.717, 1.165) is 10.9 Å². The smallest absolute Gasteiger partial charge is 0.352 e. The Kier molecular flexibility index (Phi) is 5.54. The minimum absolute atomic E-state index is 0.0739. The molecule has 1 amide bonds. The second-order valence-electron chi connectivity index (χ2n) is 6.18. The zero-order valence-electron chi connectivity index (χ0n) is 16.0. The maximum Gasteiger partial charge on any atom is 0.352 e. The lowest BCUT2D eigenvalue weighted by Gasteiger charge is -2.12. The van der Waals surface area contributed by atoms with Crippen LogP contribution in [0.25, 0.3) is 10.9 Å². The van der Waals surface area contributed by atoms with E-state index in [0.29, 0.717) is 29.3 Å². The van der Waals surface area contributed by atoms with Gasteiger partial charge >= 0.3 is 5.97 Å². The number of rotatable bonds is 7. The van der Waals surface area contributed by atoms with Gasteiger partial charge in [0.05, 0.1) is 26.3 Å². The predicted molar refractivity (Wildman–Crippen MR) is 106 cm³/mol. The fourth-order valence-corrected chi connectivity index (χ4v) is 3.39. The number of carbonyl (C=O) groups excluding carboxylic acids is 1. The van der Waals surface area contributed by atoms with E-state index >= 15 is 0 Å². The number of aryl methyl sites for hydroxylation is 1. The summed E-state index contributed by atoms with van der Waals surface area (Å²) >= 11 is 0. The molecule has 1 aromatic heterocycles. The van der Waals surface area contributed by atoms with Crippen LogP contribution in [0.5, 0.6) is 11.5 Å². The summed E-state index contributed by atoms with van der Waals surface area (Å²) in [5, 5.41) is 13.3. The Morgan fingerprint density at radius 3 is 2.50 bits per heavy atom. The van der Waals surface area contributed by atoms with Gasteiger partial charge in [0.25, 0.3) is 0 Å². The first-order chi connectivity index (χ1) is 13.5. The number of para-hydroxylation sites is 1. The summed E-state index contributed by atoms with van der Waals surface area (Å²) in [6.45, 7) is 2.37. The molecule has 7 nitrogen and oxygen atoms in total. The van der Waals surface area contributed by atoms with Gasteiger partial charge in [-0.3, -0.25) is 4.79 Å². The van der Waals surface area contributed by atoms with Crippen LogP contribution >= 0.6 is 0 Å². The van der Waals surface area contributed by atoms with Crippen molar-refractivity contribution in [3.05, 3.63) is 53.7 Å². The summed E-state index contributed by atoms with van der Waals surface area (Å²) in [7, 11) is 3.04. The van der Waals surface area contributed by atoms with Crippen LogP contribution in [0.1, 0.15) is 23.0 Å². The third-order valence-corrected chi connectivity index (χ3v) is 4.61. The van der Waals surface area contributed by atoms with Crippen molar-refractivity contribution in [3.8, 4) is 11.5 Å². The van der Waals surface area contributed by atoms with E-state index in [1.807, 2.05) is 31.2 Å². The lowest BCUT2D eigenvalue weighted by atomic mass is 10.1. The molecule has 0 aliphatic carbocycles. The standard InChI is InChI=1S/C21H22N2O5/c1-4-23-17-8-6-5-7-14(17)15(20(23)21(25)26)12-19(24)22-16-11-13(27-2)9-10-18(16)28-3/h5-11H,4,12H2,1-3H3,(H,22,24)(H,25,26). The van der Waals surface area contributed by atoms with E-state index in [1.165, 1.54) is 14.2 Å². The van der Waals surface area contributed by atoms with Crippen molar-refractivity contribution in [1.29, 1.82) is 0 Å². The summed E-state index contributed by atoms with van der Waals surface area (Å²) in [6.07, 6.45) is -0.0739. The Balaban J connectivity index is 1.98. The van der Waals surface area contributed by atoms with Crippen molar-refractivity contribution in [2.75, 3.05) is 19.5 Å². The molecule has 0 atom stereocenters. The SMILES string of the molecule is CCn1c(C(=O)O)c(CC(=O)Nc2cc(OC)ccc2OC)c2ccccc21. The molecular weight excluding hydrogens is 360 g/mol. The summed E-state index contributed by atoms with van der Waals surface area (Å²) in [5.41, 5.74) is 1.88. The molecule has 0 unspecified atom stereocenters. The van der Waals surface area contributed by atoms with Crippen molar-refractivity contribution in [1.82, 2.24) is 4.57 Å². The number of methoxy groups -OCH3 is 2. The average Bonchev–Trinajstić information content (AvgIpc) is 3.01. The third kappa shape index (κ3) is 3.51. The number of carboxylic acid groups (broad SMARTS) is 1. The highest BCUT2D eigenvalue weighted by Crippen LogP contribution is 2.30. The number of hydrogen-bond donors (Lipinski definition) is 2. The van der Waals surface area contributed by atoms with Crippen LogP contribution < -0.4 is 14.8 Å². The van der Waals surface area contributed by atoms with Gasteiger partial charge in [-0.1, -0.05) is 18.2 Å². The van der Waals surface area contributed by atoms with Crippen LogP contribution in [0, 0.1) is 0 Å². The van der Waals surface area contributed by atoms with Gasteiger partial charge in [0.15, 0.2) is 0 Å². The molecule has 0 saturated heterocycles. The normalized spacial score (nSPS) is 10.7. The number of anilines is 1. The van der Waals surface area contributed by atoms with Crippen LogP contribution in [0.3, 0.4) is 0 Å². The lowest BCUT2D eigenvalue weighted by molar-refractivity contribution is -0.115. The van der Waals surface area contributed by atoms with E-state index in [4.69, 9.17) is 9.47 Å². The van der Waals surface area contributed by atoms with Gasteiger partial charge in [-0.25, -0.2) is 4.79 Å². The van der Waals surface area contributed by atoms with E-state index in [1.54, 1.807) is 22.8 Å². The highest BCUT2D eigenvalue weighted by Gasteiger charge is 2.23. The largest absolute Gasteiger partial charge is 0.497 e. The number of fused-ring (bicyclic) bond motifs is 1. The minimum Gasteiger partial charge on any atom is -0.497 e. The van der Waals surface area contributed by atoms with Crippen molar-refractivity contribution in [2.45, 2.75) is 19.9 Å². The molecule has 2 aromatic carbocycles. The molecule has 0 aliphatic rings. The third-order valence-electron chi connectivity index (χ3n) is 4.61. The number of nitrogens with one attached hydrogen (secondary N) is 1. The number of hydrogen-bond acceptors (Lipinski definition) is 4. The molecule has 0 spiro atoms. The molecule has 7 heteroatoms. The lowest BCUT2D eigenvalue weighted by Crippen LogP contribution is -2.18. The zero-order chi connectivity index (χ0) is 20.3. The summed E-state index contributed by atoms with van der Waals surface area (Å²) < 4.78 is 12.2. The molecule has 3 rings (SSSR count). The maximum absolute atomic E-state index is 12.8. The second kappa shape index (κ2) is 8.04. The fourth-order valence-electron chi connectivity index (χ4n) is 3.39. The number of amides is 1. The van der Waals surface area contributed by atoms with E-state index in [9.17, 15) is 14.7 Å². The molecule has 1 heterocycles. The number of ether oxygens (including phenoxy) is 2. The van der Waals surface area contributed by atoms with E-state index < -0.39 is 5.97 Å². The summed E-state index contributed by atoms with van der Waals surface area (Å²) in [5.74, 6) is -0.332. The van der Waals surface area contributed by atoms with Gasteiger partial charge in [0.2, 0.25) is 5.91 Å². The van der Waals surface area contributed by atoms with Crippen LogP contribution in [0.15, 0.2) is 42.5 Å². The minimum atomic E-state index is -1.06. The van der Waals surface area contributed by atoms with Gasteiger partial charge in [-0.15, -0.1) is 0 Å². The molecule has 0 aliphatic heterocycles. The van der Waals surface area contributed by atoms with Gasteiger partial charge < -0.3 is 24.5 Å². The first kappa shape index (κ1) is 19.3. The number of nitrogens with zero attached hydrogens (tertiary/aromatic N) is 1. The van der Waals surface area contributed by atoms with Crippen molar-refractivity contribution < 1.29 is 24.2 Å². The molecule has 3 aromatic rings. The van der Waals surface area contributed by atoms with Crippen LogP contribution in [-0.4, -0.2) is 35.8 Å². The van der Waals surface area contributed by atoms with Gasteiger partial charge in [-0.05, 0) is 25.1 Å². The van der Waals surface area contributed by atoms with Gasteiger partial charge in [0.1, 0.15) is 17.2 Å². The first-order valence-electron chi connectivity index (χ1n) is 8.85. The molecule has 0 bridgehead atoms. The molecule has 0 radical (unpaired) electrons. The number of benzene rings is 2. The van der Waals surface area contributed by atoms with Crippen LogP contribution in [-0.2, 0) is 17.8 Å². The highest BCUT2D eigenvalue weighted by atomic mass is 16.5. The Morgan fingerprint density at radius 1 is 1.11 bits per heavy atom. The van der Waals surface area contributed by atoms with Crippen LogP contribution in [0.4, 0.5) is 5.69 Å². The Labute approximate surface area is 162 Å². The number of carbonyl (C=O) groups is 2. The van der Waals surface area contributed by atoms with E-state index in [-0.39, 0.29) is 18.0 Å². The molecule has 2 N–H and O–H groups in total. The molecule has 0 fully saturated rings. The molecule has 146 valence electrons. The molecule has 0 saturated carbocycles. The summed E-state index contributed by atoms with van der Waals surface area (Å²) in [4.78, 5) is 24.7. The van der Waals surface area contributed by atoms with Crippen molar-refractivity contribution in [3.63, 3.8) is 0 Å². The van der Waals surface area contributed by atoms with Crippen LogP contribution in [0.2, 0.25) is 0 Å². The monoisotopic (exact) mass is 382 g/mol. The van der Waals surface area contributed by atoms with Crippen molar-refractivity contribution >= 4 is 28.5 Å². The Hall–Kier alpha value is -3.48. The zero-order valence-corrected chi connectivity index (χ0v) is 16.0. The first-order valence-corrected chi connectivity index (χ1v) is 8.85. The quantitative estimate of drug-likeness (QED) is 0.652. The van der Waals surface area contributed by atoms with Gasteiger partial charge in [-0.2, -0.15) is 0 Å². The van der Waals surface area contributed by atoms with Crippen molar-refractivity contribution in [2.24, 2.45) is 0 Å². The number of carboxylic acids is 1. The topological polar surface area (TPSA) is 89.8 Å². The fraction of sp³-hybridized carbons (Fsp3) is 0.238. The highest BCUT2D eigenvalue weighted by molar-refractivity contribution is 6.03. The summed E-state index contributed by atoms with van der Waals surface area (Å²) in [6, 6.07) is 12.5. The maximum atomic E-state index is 12.8. The average molecular weight is 382 g/mol. The second-order valence-corrected chi connectivity index (χ2v) is 6.18. The molecular formula is C21H22N2O5.